The highest BCUT2D eigenvalue weighted by atomic mass is 32.1. The molecule has 2 aromatic carbocycles. The number of rotatable bonds is 5. The number of hydroxylamine groups is 2. The predicted octanol–water partition coefficient (Wildman–Crippen LogP) is 2.97. The Hall–Kier alpha value is -3.01. The number of nitrogens with one attached hydrogen (secondary N) is 1. The molecule has 2 fully saturated rings. The maximum Gasteiger partial charge on any atom is 0.357 e. The monoisotopic (exact) mass is 465 g/mol. The van der Waals surface area contributed by atoms with Crippen LogP contribution in [0.4, 0.5) is 5.13 Å². The van der Waals surface area contributed by atoms with Crippen molar-refractivity contribution >= 4 is 38.6 Å². The maximum absolute atomic E-state index is 12.4. The number of carbonyl (C=O) groups excluding carboxylic acids is 2. The molecule has 2 aliphatic rings. The fourth-order valence-electron chi connectivity index (χ4n) is 4.85. The van der Waals surface area contributed by atoms with Crippen molar-refractivity contribution in [2.45, 2.75) is 24.9 Å². The molecule has 1 spiro atoms. The Bertz CT molecular complexity index is 1190. The molecular formula is C24H27N5O3S. The van der Waals surface area contributed by atoms with Crippen molar-refractivity contribution in [3.63, 3.8) is 0 Å². The van der Waals surface area contributed by atoms with E-state index in [0.717, 1.165) is 28.2 Å². The van der Waals surface area contributed by atoms with Gasteiger partial charge in [0, 0.05) is 50.2 Å². The average Bonchev–Trinajstić information content (AvgIpc) is 3.32. The third kappa shape index (κ3) is 4.19. The van der Waals surface area contributed by atoms with Gasteiger partial charge in [-0.05, 0) is 43.2 Å². The van der Waals surface area contributed by atoms with Gasteiger partial charge in [0.2, 0.25) is 0 Å². The third-order valence-corrected chi connectivity index (χ3v) is 7.44. The van der Waals surface area contributed by atoms with Crippen molar-refractivity contribution in [3.8, 4) is 0 Å². The first-order valence-corrected chi connectivity index (χ1v) is 11.8. The van der Waals surface area contributed by atoms with Gasteiger partial charge in [-0.15, -0.1) is 5.06 Å². The van der Waals surface area contributed by atoms with Crippen molar-refractivity contribution in [3.05, 3.63) is 59.7 Å². The summed E-state index contributed by atoms with van der Waals surface area (Å²) in [5.74, 6) is -0.369. The highest BCUT2D eigenvalue weighted by molar-refractivity contribution is 7.22. The molecule has 8 nitrogen and oxygen atoms in total. The predicted molar refractivity (Wildman–Crippen MR) is 128 cm³/mol. The number of carbonyl (C=O) groups is 2. The first-order chi connectivity index (χ1) is 15.8. The quantitative estimate of drug-likeness (QED) is 0.597. The van der Waals surface area contributed by atoms with E-state index < -0.39 is 0 Å². The number of fused-ring (bicyclic) bond motifs is 1. The van der Waals surface area contributed by atoms with E-state index in [1.165, 1.54) is 11.3 Å². The highest BCUT2D eigenvalue weighted by Gasteiger charge is 2.55. The molecule has 1 aliphatic heterocycles. The summed E-state index contributed by atoms with van der Waals surface area (Å²) >= 11 is 1.54. The number of nitrogens with zero attached hydrogens (tertiary/aromatic N) is 3. The lowest BCUT2D eigenvalue weighted by atomic mass is 9.76. The van der Waals surface area contributed by atoms with E-state index in [1.54, 1.807) is 36.2 Å². The third-order valence-electron chi connectivity index (χ3n) is 6.49. The number of aromatic nitrogens is 1. The summed E-state index contributed by atoms with van der Waals surface area (Å²) in [6.07, 6.45) is 1.71. The van der Waals surface area contributed by atoms with Crippen LogP contribution < -0.4 is 11.1 Å². The number of nitrogens with two attached hydrogens (primary N) is 1. The lowest BCUT2D eigenvalue weighted by Crippen LogP contribution is -2.61. The summed E-state index contributed by atoms with van der Waals surface area (Å²) in [7, 11) is 3.49. The number of thiazole rings is 1. The van der Waals surface area contributed by atoms with Gasteiger partial charge in [-0.25, -0.2) is 9.78 Å². The fourth-order valence-corrected chi connectivity index (χ4v) is 5.81. The number of anilines is 1. The van der Waals surface area contributed by atoms with Crippen LogP contribution in [0.5, 0.6) is 0 Å². The van der Waals surface area contributed by atoms with Crippen LogP contribution in [0.3, 0.4) is 0 Å². The Morgan fingerprint density at radius 3 is 2.67 bits per heavy atom. The van der Waals surface area contributed by atoms with Gasteiger partial charge in [0.25, 0.3) is 5.91 Å². The summed E-state index contributed by atoms with van der Waals surface area (Å²) in [4.78, 5) is 36.5. The van der Waals surface area contributed by atoms with Crippen molar-refractivity contribution < 1.29 is 14.4 Å². The number of amides is 1. The normalized spacial score (nSPS) is 21.7. The van der Waals surface area contributed by atoms with Crippen LogP contribution in [0.15, 0.2) is 48.5 Å². The van der Waals surface area contributed by atoms with Crippen molar-refractivity contribution in [1.82, 2.24) is 14.9 Å². The number of hydrogen-bond acceptors (Lipinski definition) is 8. The van der Waals surface area contributed by atoms with Crippen molar-refractivity contribution in [2.75, 3.05) is 32.5 Å². The Balaban J connectivity index is 1.27. The van der Waals surface area contributed by atoms with Crippen LogP contribution in [0.2, 0.25) is 0 Å². The van der Waals surface area contributed by atoms with E-state index in [4.69, 9.17) is 15.6 Å². The first kappa shape index (κ1) is 21.8. The molecule has 1 saturated carbocycles. The minimum Gasteiger partial charge on any atom is -0.364 e. The SMILES string of the molecule is CN(C)C(=O)c1ccc2nc(N[C@@H]3C[C@@H](N)CC34CN(OC(=O)c3ccccc3)C4)sc2c1. The van der Waals surface area contributed by atoms with Crippen LogP contribution in [0.1, 0.15) is 33.6 Å². The lowest BCUT2D eigenvalue weighted by Gasteiger charge is -2.49. The van der Waals surface area contributed by atoms with Gasteiger partial charge in [-0.3, -0.25) is 4.79 Å². The highest BCUT2D eigenvalue weighted by Crippen LogP contribution is 2.47. The Labute approximate surface area is 196 Å². The van der Waals surface area contributed by atoms with Gasteiger partial charge in [-0.2, -0.15) is 0 Å². The van der Waals surface area contributed by atoms with Crippen LogP contribution in [0.25, 0.3) is 10.2 Å². The second-order valence-electron chi connectivity index (χ2n) is 9.20. The minimum absolute atomic E-state index is 0.0277. The molecule has 172 valence electrons. The fraction of sp³-hybridized carbons (Fsp3) is 0.375. The topological polar surface area (TPSA) is 101 Å². The molecule has 3 aromatic rings. The zero-order chi connectivity index (χ0) is 23.2. The maximum atomic E-state index is 12.4. The van der Waals surface area contributed by atoms with Gasteiger partial charge >= 0.3 is 5.97 Å². The first-order valence-electron chi connectivity index (χ1n) is 11.0. The molecule has 1 aromatic heterocycles. The molecule has 0 unspecified atom stereocenters. The van der Waals surface area contributed by atoms with E-state index in [9.17, 15) is 9.59 Å². The summed E-state index contributed by atoms with van der Waals surface area (Å²) in [6.45, 7) is 1.28. The summed E-state index contributed by atoms with van der Waals surface area (Å²) in [5.41, 5.74) is 8.33. The zero-order valence-corrected chi connectivity index (χ0v) is 19.5. The molecule has 1 saturated heterocycles. The molecule has 9 heteroatoms. The molecule has 1 aliphatic carbocycles. The largest absolute Gasteiger partial charge is 0.364 e. The second-order valence-corrected chi connectivity index (χ2v) is 10.2. The molecule has 0 bridgehead atoms. The van der Waals surface area contributed by atoms with Crippen LogP contribution in [-0.2, 0) is 4.84 Å². The summed E-state index contributed by atoms with van der Waals surface area (Å²) in [5, 5.41) is 6.13. The smallest absolute Gasteiger partial charge is 0.357 e. The Morgan fingerprint density at radius 1 is 1.18 bits per heavy atom. The van der Waals surface area contributed by atoms with E-state index >= 15 is 0 Å². The van der Waals surface area contributed by atoms with Gasteiger partial charge in [0.05, 0.1) is 15.8 Å². The standard InChI is InChI=1S/C24H27N5O3S/c1-28(2)21(30)16-8-9-18-19(10-16)33-23(26-18)27-20-11-17(25)12-24(20)13-29(14-24)32-22(31)15-6-4-3-5-7-15/h3-10,17,20H,11-14,25H2,1-2H3,(H,26,27)/t17-,20-/m1/s1. The Morgan fingerprint density at radius 2 is 1.94 bits per heavy atom. The van der Waals surface area contributed by atoms with Crippen LogP contribution in [-0.4, -0.2) is 66.1 Å². The minimum atomic E-state index is -0.341. The lowest BCUT2D eigenvalue weighted by molar-refractivity contribution is -0.209. The van der Waals surface area contributed by atoms with Crippen molar-refractivity contribution in [2.24, 2.45) is 11.1 Å². The number of hydrogen-bond donors (Lipinski definition) is 2. The average molecular weight is 466 g/mol. The van der Waals surface area contributed by atoms with Gasteiger partial charge < -0.3 is 20.8 Å². The van der Waals surface area contributed by atoms with E-state index in [2.05, 4.69) is 5.32 Å². The zero-order valence-electron chi connectivity index (χ0n) is 18.7. The van der Waals surface area contributed by atoms with E-state index in [-0.39, 0.29) is 29.4 Å². The van der Waals surface area contributed by atoms with Gasteiger partial charge in [-0.1, -0.05) is 29.5 Å². The second kappa shape index (κ2) is 8.40. The van der Waals surface area contributed by atoms with E-state index in [0.29, 0.717) is 24.2 Å². The van der Waals surface area contributed by atoms with E-state index in [1.807, 2.05) is 36.4 Å². The van der Waals surface area contributed by atoms with Gasteiger partial charge in [0.1, 0.15) is 0 Å². The number of benzene rings is 2. The summed E-state index contributed by atoms with van der Waals surface area (Å²) < 4.78 is 0.966. The molecule has 33 heavy (non-hydrogen) atoms. The Kier molecular flexibility index (Phi) is 5.55. The van der Waals surface area contributed by atoms with Gasteiger partial charge in [0.15, 0.2) is 5.13 Å². The van der Waals surface area contributed by atoms with Crippen molar-refractivity contribution in [1.29, 1.82) is 0 Å². The molecule has 2 heterocycles. The summed E-state index contributed by atoms with van der Waals surface area (Å²) in [6, 6.07) is 14.8. The molecule has 5 rings (SSSR count). The molecular weight excluding hydrogens is 438 g/mol. The van der Waals surface area contributed by atoms with Crippen LogP contribution >= 0.6 is 11.3 Å². The molecule has 2 atom stereocenters. The molecule has 0 radical (unpaired) electrons. The van der Waals surface area contributed by atoms with Crippen LogP contribution in [0, 0.1) is 5.41 Å². The molecule has 3 N–H and O–H groups in total. The molecule has 1 amide bonds.